The molecule has 0 saturated heterocycles. The largest absolute Gasteiger partial charge is 0.503 e. The molecule has 2 rings (SSSR count). The number of nitrogens with one attached hydrogen (secondary N) is 1. The highest BCUT2D eigenvalue weighted by atomic mass is 19.1. The second-order valence-corrected chi connectivity index (χ2v) is 4.85. The van der Waals surface area contributed by atoms with Crippen LogP contribution < -0.4 is 5.32 Å². The van der Waals surface area contributed by atoms with Crippen LogP contribution in [-0.2, 0) is 6.54 Å². The van der Waals surface area contributed by atoms with Gasteiger partial charge in [0.2, 0.25) is 0 Å². The van der Waals surface area contributed by atoms with E-state index in [-0.39, 0.29) is 0 Å². The molecule has 94 valence electrons. The first-order valence-corrected chi connectivity index (χ1v) is 5.95. The Morgan fingerprint density at radius 2 is 1.94 bits per heavy atom. The van der Waals surface area contributed by atoms with Crippen molar-refractivity contribution in [2.75, 3.05) is 6.54 Å². The predicted molar refractivity (Wildman–Crippen MR) is 61.6 cm³/mol. The molecule has 0 heterocycles. The summed E-state index contributed by atoms with van der Waals surface area (Å²) in [7, 11) is 0. The van der Waals surface area contributed by atoms with E-state index in [1.54, 1.807) is 0 Å². The van der Waals surface area contributed by atoms with Crippen molar-refractivity contribution < 1.29 is 13.9 Å². The van der Waals surface area contributed by atoms with Crippen molar-refractivity contribution in [3.63, 3.8) is 0 Å². The Balaban J connectivity index is 1.86. The van der Waals surface area contributed by atoms with Crippen LogP contribution in [0.3, 0.4) is 0 Å². The topological polar surface area (TPSA) is 32.3 Å². The first-order valence-electron chi connectivity index (χ1n) is 5.95. The first-order chi connectivity index (χ1) is 8.08. The number of aromatic hydroxyl groups is 1. The van der Waals surface area contributed by atoms with E-state index in [1.165, 1.54) is 12.8 Å². The van der Waals surface area contributed by atoms with Crippen LogP contribution in [0.15, 0.2) is 12.1 Å². The average molecular weight is 241 g/mol. The Bertz CT molecular complexity index is 381. The van der Waals surface area contributed by atoms with E-state index in [0.29, 0.717) is 18.0 Å². The summed E-state index contributed by atoms with van der Waals surface area (Å²) in [5.41, 5.74) is 0.515. The predicted octanol–water partition coefficient (Wildman–Crippen LogP) is 2.81. The Morgan fingerprint density at radius 1 is 1.35 bits per heavy atom. The molecular formula is C13H17F2NO. The third-order valence-electron chi connectivity index (χ3n) is 3.30. The number of phenols is 1. The molecule has 4 heteroatoms. The molecule has 2 nitrogen and oxygen atoms in total. The van der Waals surface area contributed by atoms with Gasteiger partial charge in [0.15, 0.2) is 17.4 Å². The molecule has 0 bridgehead atoms. The zero-order valence-electron chi connectivity index (χ0n) is 9.84. The lowest BCUT2D eigenvalue weighted by molar-refractivity contribution is 0.394. The number of rotatable bonds is 5. The van der Waals surface area contributed by atoms with Gasteiger partial charge in [-0.2, -0.15) is 0 Å². The maximum absolute atomic E-state index is 13.0. The summed E-state index contributed by atoms with van der Waals surface area (Å²) in [6, 6.07) is 2.32. The Hall–Kier alpha value is -1.16. The molecule has 1 fully saturated rings. The van der Waals surface area contributed by atoms with E-state index in [0.717, 1.165) is 24.6 Å². The third kappa shape index (κ3) is 3.16. The Labute approximate surface area is 99.7 Å². The second kappa shape index (κ2) is 5.00. The molecule has 0 aliphatic heterocycles. The average Bonchev–Trinajstić information content (AvgIpc) is 3.09. The highest BCUT2D eigenvalue weighted by Crippen LogP contribution is 2.36. The van der Waals surface area contributed by atoms with Gasteiger partial charge in [-0.05, 0) is 48.9 Å². The van der Waals surface area contributed by atoms with Crippen LogP contribution in [0.25, 0.3) is 0 Å². The molecule has 1 aliphatic carbocycles. The smallest absolute Gasteiger partial charge is 0.187 e. The fraction of sp³-hybridized carbons (Fsp3) is 0.538. The summed E-state index contributed by atoms with van der Waals surface area (Å²) in [4.78, 5) is 0. The molecule has 0 spiro atoms. The van der Waals surface area contributed by atoms with Crippen molar-refractivity contribution in [3.8, 4) is 5.75 Å². The van der Waals surface area contributed by atoms with Gasteiger partial charge in [0.25, 0.3) is 0 Å². The lowest BCUT2D eigenvalue weighted by atomic mass is 10.1. The molecule has 1 aliphatic rings. The van der Waals surface area contributed by atoms with Crippen molar-refractivity contribution in [3.05, 3.63) is 29.3 Å². The lowest BCUT2D eigenvalue weighted by Crippen LogP contribution is -2.21. The molecule has 1 saturated carbocycles. The normalized spacial score (nSPS) is 17.1. The van der Waals surface area contributed by atoms with Gasteiger partial charge < -0.3 is 10.4 Å². The Morgan fingerprint density at radius 3 is 2.47 bits per heavy atom. The van der Waals surface area contributed by atoms with Gasteiger partial charge >= 0.3 is 0 Å². The van der Waals surface area contributed by atoms with Gasteiger partial charge in [-0.1, -0.05) is 6.92 Å². The maximum atomic E-state index is 13.0. The first kappa shape index (κ1) is 12.3. The van der Waals surface area contributed by atoms with Gasteiger partial charge in [-0.15, -0.1) is 0 Å². The summed E-state index contributed by atoms with van der Waals surface area (Å²) < 4.78 is 26.1. The summed E-state index contributed by atoms with van der Waals surface area (Å²) in [5, 5.41) is 12.1. The van der Waals surface area contributed by atoms with Gasteiger partial charge in [-0.3, -0.25) is 0 Å². The van der Waals surface area contributed by atoms with Crippen molar-refractivity contribution in [2.45, 2.75) is 26.3 Å². The van der Waals surface area contributed by atoms with E-state index in [2.05, 4.69) is 12.2 Å². The van der Waals surface area contributed by atoms with Gasteiger partial charge in [-0.25, -0.2) is 8.78 Å². The minimum Gasteiger partial charge on any atom is -0.503 e. The number of halogens is 2. The van der Waals surface area contributed by atoms with E-state index in [1.807, 2.05) is 0 Å². The fourth-order valence-electron chi connectivity index (χ4n) is 2.00. The van der Waals surface area contributed by atoms with Crippen molar-refractivity contribution >= 4 is 0 Å². The standard InChI is InChI=1S/C13H17F2NO/c1-8(10-2-3-10)6-16-7-9-4-11(14)13(17)12(15)5-9/h4-5,8,10,16-17H,2-3,6-7H2,1H3. The zero-order chi connectivity index (χ0) is 12.4. The summed E-state index contributed by atoms with van der Waals surface area (Å²) in [5.74, 6) is -1.29. The van der Waals surface area contributed by atoms with E-state index < -0.39 is 17.4 Å². The third-order valence-corrected chi connectivity index (χ3v) is 3.30. The number of benzene rings is 1. The van der Waals surface area contributed by atoms with Crippen LogP contribution in [0.2, 0.25) is 0 Å². The van der Waals surface area contributed by atoms with Gasteiger partial charge in [0, 0.05) is 6.54 Å². The summed E-state index contributed by atoms with van der Waals surface area (Å²) in [6.45, 7) is 3.46. The van der Waals surface area contributed by atoms with Crippen LogP contribution in [0, 0.1) is 23.5 Å². The fourth-order valence-corrected chi connectivity index (χ4v) is 2.00. The number of hydrogen-bond acceptors (Lipinski definition) is 2. The lowest BCUT2D eigenvalue weighted by Gasteiger charge is -2.11. The molecule has 1 atom stereocenters. The molecule has 0 aromatic heterocycles. The number of phenolic OH excluding ortho intramolecular Hbond substituents is 1. The van der Waals surface area contributed by atoms with Gasteiger partial charge in [0.1, 0.15) is 0 Å². The molecule has 17 heavy (non-hydrogen) atoms. The number of hydrogen-bond donors (Lipinski definition) is 2. The van der Waals surface area contributed by atoms with E-state index in [9.17, 15) is 8.78 Å². The minimum atomic E-state index is -0.906. The molecule has 1 aromatic rings. The summed E-state index contributed by atoms with van der Waals surface area (Å²) >= 11 is 0. The maximum Gasteiger partial charge on any atom is 0.187 e. The van der Waals surface area contributed by atoms with Crippen LogP contribution >= 0.6 is 0 Å². The van der Waals surface area contributed by atoms with Crippen LogP contribution in [0.5, 0.6) is 5.75 Å². The van der Waals surface area contributed by atoms with Crippen LogP contribution in [-0.4, -0.2) is 11.7 Å². The van der Waals surface area contributed by atoms with Crippen molar-refractivity contribution in [1.29, 1.82) is 0 Å². The zero-order valence-corrected chi connectivity index (χ0v) is 9.84. The molecule has 1 aromatic carbocycles. The van der Waals surface area contributed by atoms with Crippen LogP contribution in [0.1, 0.15) is 25.3 Å². The monoisotopic (exact) mass is 241 g/mol. The molecule has 0 radical (unpaired) electrons. The highest BCUT2D eigenvalue weighted by molar-refractivity contribution is 5.29. The van der Waals surface area contributed by atoms with Crippen molar-refractivity contribution in [1.82, 2.24) is 5.32 Å². The quantitative estimate of drug-likeness (QED) is 0.830. The molecule has 2 N–H and O–H groups in total. The molecular weight excluding hydrogens is 224 g/mol. The van der Waals surface area contributed by atoms with E-state index >= 15 is 0 Å². The van der Waals surface area contributed by atoms with Gasteiger partial charge in [0.05, 0.1) is 0 Å². The second-order valence-electron chi connectivity index (χ2n) is 4.85. The Kier molecular flexibility index (Phi) is 3.62. The SMILES string of the molecule is CC(CNCc1cc(F)c(O)c(F)c1)C1CC1. The van der Waals surface area contributed by atoms with E-state index in [4.69, 9.17) is 5.11 Å². The van der Waals surface area contributed by atoms with Crippen molar-refractivity contribution in [2.24, 2.45) is 11.8 Å². The minimum absolute atomic E-state index is 0.422. The highest BCUT2D eigenvalue weighted by Gasteiger charge is 2.27. The molecule has 0 amide bonds. The van der Waals surface area contributed by atoms with Crippen LogP contribution in [0.4, 0.5) is 8.78 Å². The molecule has 1 unspecified atom stereocenters. The summed E-state index contributed by atoms with van der Waals surface area (Å²) in [6.07, 6.45) is 2.59.